The maximum absolute atomic E-state index is 13.8. The van der Waals surface area contributed by atoms with Crippen LogP contribution in [0.3, 0.4) is 0 Å². The number of carbonyl (C=O) groups excluding carboxylic acids is 5. The Morgan fingerprint density at radius 3 is 2.38 bits per heavy atom. The number of fused-ring (bicyclic) bond motifs is 3. The van der Waals surface area contributed by atoms with Crippen LogP contribution in [0.15, 0.2) is 24.5 Å². The number of anilines is 1. The second-order valence-corrected chi connectivity index (χ2v) is 10.1. The fourth-order valence-electron chi connectivity index (χ4n) is 6.33. The highest BCUT2D eigenvalue weighted by Crippen LogP contribution is 2.52. The molecule has 12 nitrogen and oxygen atoms in total. The first kappa shape index (κ1) is 24.7. The largest absolute Gasteiger partial charge is 0.505 e. The first-order valence-electron chi connectivity index (χ1n) is 11.7. The van der Waals surface area contributed by atoms with Crippen molar-refractivity contribution in [2.75, 3.05) is 19.8 Å². The second kappa shape index (κ2) is 8.25. The summed E-state index contributed by atoms with van der Waals surface area (Å²) in [6.07, 6.45) is 3.05. The summed E-state index contributed by atoms with van der Waals surface area (Å²) in [6.45, 7) is 0. The SMILES string of the molecule is CN(C)[C@@H]1C(=O)C(C(N)=O)C(=O)[C@@]2(O)C(=O)C3C(=O)c4c(O)c(N)cc(-c5ncccn5)c4C[C@H]3C[C@@H]12. The molecule has 2 fully saturated rings. The van der Waals surface area contributed by atoms with Crippen LogP contribution in [0.5, 0.6) is 5.75 Å². The number of aromatic nitrogens is 2. The first-order valence-corrected chi connectivity index (χ1v) is 11.7. The van der Waals surface area contributed by atoms with Crippen molar-refractivity contribution in [3.05, 3.63) is 35.7 Å². The van der Waals surface area contributed by atoms with Crippen molar-refractivity contribution in [1.29, 1.82) is 0 Å². The minimum absolute atomic E-state index is 0.0515. The molecule has 0 spiro atoms. The van der Waals surface area contributed by atoms with Gasteiger partial charge in [0.25, 0.3) is 0 Å². The van der Waals surface area contributed by atoms with Gasteiger partial charge < -0.3 is 21.7 Å². The molecule has 3 aliphatic rings. The number of amides is 1. The number of primary amides is 1. The van der Waals surface area contributed by atoms with Crippen LogP contribution in [-0.4, -0.2) is 79.9 Å². The topological polar surface area (TPSA) is 207 Å². The Balaban J connectivity index is 1.69. The maximum Gasteiger partial charge on any atom is 0.235 e. The van der Waals surface area contributed by atoms with E-state index in [9.17, 15) is 34.2 Å². The predicted molar refractivity (Wildman–Crippen MR) is 127 cm³/mol. The summed E-state index contributed by atoms with van der Waals surface area (Å²) in [6, 6.07) is 1.89. The number of hydrogen-bond acceptors (Lipinski definition) is 11. The summed E-state index contributed by atoms with van der Waals surface area (Å²) in [5.41, 5.74) is 8.97. The minimum Gasteiger partial charge on any atom is -0.505 e. The average Bonchev–Trinajstić information content (AvgIpc) is 2.83. The van der Waals surface area contributed by atoms with Gasteiger partial charge in [-0.2, -0.15) is 0 Å². The van der Waals surface area contributed by atoms with E-state index in [1.165, 1.54) is 37.5 Å². The number of likely N-dealkylation sites (N-methyl/N-ethyl adjacent to an activating group) is 1. The minimum atomic E-state index is -2.78. The van der Waals surface area contributed by atoms with Gasteiger partial charge in [0.1, 0.15) is 5.75 Å². The molecule has 0 bridgehead atoms. The van der Waals surface area contributed by atoms with E-state index in [1.54, 1.807) is 6.07 Å². The molecule has 1 amide bonds. The Hall–Kier alpha value is -4.03. The average molecular weight is 508 g/mol. The molecule has 1 aromatic carbocycles. The Morgan fingerprint density at radius 2 is 1.78 bits per heavy atom. The molecular formula is C25H25N5O7. The summed E-state index contributed by atoms with van der Waals surface area (Å²) in [7, 11) is 3.06. The van der Waals surface area contributed by atoms with Crippen molar-refractivity contribution in [3.63, 3.8) is 0 Å². The third-order valence-electron chi connectivity index (χ3n) is 7.90. The fraction of sp³-hybridized carbons (Fsp3) is 0.400. The van der Waals surface area contributed by atoms with Crippen LogP contribution >= 0.6 is 0 Å². The van der Waals surface area contributed by atoms with E-state index >= 15 is 0 Å². The lowest BCUT2D eigenvalue weighted by atomic mass is 9.52. The van der Waals surface area contributed by atoms with E-state index in [4.69, 9.17) is 11.5 Å². The fourth-order valence-corrected chi connectivity index (χ4v) is 6.33. The Morgan fingerprint density at radius 1 is 1.14 bits per heavy atom. The summed E-state index contributed by atoms with van der Waals surface area (Å²) >= 11 is 0. The van der Waals surface area contributed by atoms with Gasteiger partial charge in [0, 0.05) is 23.9 Å². The quantitative estimate of drug-likeness (QED) is 0.223. The number of nitrogens with zero attached hydrogens (tertiary/aromatic N) is 3. The van der Waals surface area contributed by atoms with Crippen molar-refractivity contribution in [1.82, 2.24) is 14.9 Å². The molecule has 0 saturated heterocycles. The number of carbonyl (C=O) groups is 5. The number of nitrogen functional groups attached to an aromatic ring is 1. The molecule has 1 aromatic heterocycles. The number of phenols is 1. The molecule has 5 rings (SSSR count). The van der Waals surface area contributed by atoms with Gasteiger partial charge in [0.2, 0.25) is 5.91 Å². The van der Waals surface area contributed by atoms with Crippen LogP contribution in [0.1, 0.15) is 22.3 Å². The van der Waals surface area contributed by atoms with E-state index in [0.717, 1.165) is 0 Å². The van der Waals surface area contributed by atoms with Crippen molar-refractivity contribution in [2.24, 2.45) is 29.4 Å². The van der Waals surface area contributed by atoms with Crippen LogP contribution in [0.2, 0.25) is 0 Å². The van der Waals surface area contributed by atoms with Gasteiger partial charge in [0.15, 0.2) is 40.5 Å². The Bertz CT molecular complexity index is 1390. The van der Waals surface area contributed by atoms with E-state index in [1.807, 2.05) is 0 Å². The lowest BCUT2D eigenvalue weighted by Crippen LogP contribution is -2.74. The Labute approximate surface area is 210 Å². The third-order valence-corrected chi connectivity index (χ3v) is 7.90. The summed E-state index contributed by atoms with van der Waals surface area (Å²) in [5, 5.41) is 22.3. The predicted octanol–water partition coefficient (Wildman–Crippen LogP) is -1.09. The lowest BCUT2D eigenvalue weighted by molar-refractivity contribution is -0.181. The second-order valence-electron chi connectivity index (χ2n) is 10.1. The maximum atomic E-state index is 13.8. The number of aromatic hydroxyl groups is 1. The van der Waals surface area contributed by atoms with Gasteiger partial charge in [-0.05, 0) is 50.6 Å². The van der Waals surface area contributed by atoms with Crippen molar-refractivity contribution in [2.45, 2.75) is 24.5 Å². The number of rotatable bonds is 3. The number of phenolic OH excluding ortho intramolecular Hbond substituents is 1. The van der Waals surface area contributed by atoms with Crippen LogP contribution in [-0.2, 0) is 25.6 Å². The number of nitrogens with two attached hydrogens (primary N) is 2. The Kier molecular flexibility index (Phi) is 5.50. The summed E-state index contributed by atoms with van der Waals surface area (Å²) < 4.78 is 0. The van der Waals surface area contributed by atoms with E-state index in [0.29, 0.717) is 11.1 Å². The molecule has 37 heavy (non-hydrogen) atoms. The zero-order chi connectivity index (χ0) is 27.0. The van der Waals surface area contributed by atoms with Crippen LogP contribution in [0.4, 0.5) is 5.69 Å². The molecule has 6 N–H and O–H groups in total. The van der Waals surface area contributed by atoms with Gasteiger partial charge in [-0.1, -0.05) is 0 Å². The molecule has 12 heteroatoms. The van der Waals surface area contributed by atoms with Crippen molar-refractivity contribution < 1.29 is 34.2 Å². The number of hydrogen-bond donors (Lipinski definition) is 4. The van der Waals surface area contributed by atoms with Crippen LogP contribution in [0, 0.1) is 23.7 Å². The monoisotopic (exact) mass is 507 g/mol. The van der Waals surface area contributed by atoms with Gasteiger partial charge in [-0.25, -0.2) is 9.97 Å². The lowest BCUT2D eigenvalue weighted by Gasteiger charge is -2.52. The van der Waals surface area contributed by atoms with E-state index < -0.39 is 70.1 Å². The van der Waals surface area contributed by atoms with Crippen molar-refractivity contribution in [3.8, 4) is 17.1 Å². The zero-order valence-electron chi connectivity index (χ0n) is 20.0. The molecule has 2 saturated carbocycles. The highest BCUT2D eigenvalue weighted by Gasteiger charge is 2.69. The normalized spacial score (nSPS) is 31.1. The molecule has 3 aliphatic carbocycles. The standard InChI is InChI=1S/C25H25N5O7/c1-30(2)17-12-7-9-6-10-11(24-28-4-3-5-29-24)8-13(26)18(31)15(10)19(32)14(9)21(34)25(12,37)22(35)16(20(17)33)23(27)36/h3-5,8-9,12,14,16-17,31,37H,6-7,26H2,1-2H3,(H2,27,36)/t9-,12-,14?,16?,17-,25-/m0/s1. The van der Waals surface area contributed by atoms with Crippen LogP contribution in [0.25, 0.3) is 11.4 Å². The number of ketones is 4. The summed E-state index contributed by atoms with van der Waals surface area (Å²) in [4.78, 5) is 76.0. The molecule has 2 aromatic rings. The third kappa shape index (κ3) is 3.25. The van der Waals surface area contributed by atoms with E-state index in [2.05, 4.69) is 9.97 Å². The molecule has 1 heterocycles. The van der Waals surface area contributed by atoms with Crippen molar-refractivity contribution >= 4 is 34.7 Å². The van der Waals surface area contributed by atoms with Gasteiger partial charge in [-0.3, -0.25) is 28.9 Å². The van der Waals surface area contributed by atoms with Gasteiger partial charge >= 0.3 is 0 Å². The highest BCUT2D eigenvalue weighted by molar-refractivity contribution is 6.32. The van der Waals surface area contributed by atoms with E-state index in [-0.39, 0.29) is 29.9 Å². The molecule has 0 aliphatic heterocycles. The first-order chi connectivity index (χ1) is 17.4. The molecular weight excluding hydrogens is 482 g/mol. The number of aliphatic hydroxyl groups is 1. The smallest absolute Gasteiger partial charge is 0.235 e. The molecule has 0 radical (unpaired) electrons. The number of Topliss-reactive ketones (excluding diaryl/α,β-unsaturated/α-hetero) is 4. The number of benzene rings is 1. The highest BCUT2D eigenvalue weighted by atomic mass is 16.3. The van der Waals surface area contributed by atoms with Crippen LogP contribution < -0.4 is 11.5 Å². The van der Waals surface area contributed by atoms with Gasteiger partial charge in [-0.15, -0.1) is 0 Å². The zero-order valence-corrected chi connectivity index (χ0v) is 20.0. The molecule has 2 unspecified atom stereocenters. The molecule has 192 valence electrons. The molecule has 6 atom stereocenters. The van der Waals surface area contributed by atoms with Gasteiger partial charge in [0.05, 0.1) is 23.2 Å². The summed E-state index contributed by atoms with van der Waals surface area (Å²) in [5.74, 6) is -11.0.